The van der Waals surface area contributed by atoms with Crippen LogP contribution < -0.4 is 5.32 Å². The maximum atomic E-state index is 9.64. The van der Waals surface area contributed by atoms with Crippen molar-refractivity contribution in [2.24, 2.45) is 0 Å². The number of halogens is 1. The van der Waals surface area contributed by atoms with Gasteiger partial charge in [0, 0.05) is 11.6 Å². The highest BCUT2D eigenvalue weighted by Gasteiger charge is 2.05. The molecule has 0 aromatic heterocycles. The highest BCUT2D eigenvalue weighted by atomic mass is 35.5. The number of hydrogen-bond acceptors (Lipinski definition) is 2. The van der Waals surface area contributed by atoms with Crippen LogP contribution in [0.5, 0.6) is 0 Å². The van der Waals surface area contributed by atoms with E-state index in [1.807, 2.05) is 55.5 Å². The Morgan fingerprint density at radius 1 is 1.00 bits per heavy atom. The quantitative estimate of drug-likeness (QED) is 0.894. The number of hydrogen-bond donors (Lipinski definition) is 2. The molecule has 0 spiro atoms. The van der Waals surface area contributed by atoms with Gasteiger partial charge in [0.15, 0.2) is 0 Å². The van der Waals surface area contributed by atoms with Gasteiger partial charge in [-0.25, -0.2) is 0 Å². The first kappa shape index (κ1) is 15.7. The second-order valence-corrected chi connectivity index (χ2v) is 4.47. The van der Waals surface area contributed by atoms with Crippen LogP contribution in [0.25, 0.3) is 0 Å². The Hall–Kier alpha value is -1.35. The summed E-state index contributed by atoms with van der Waals surface area (Å²) in [5.74, 6) is 0. The standard InChI is InChI=1S/C10H14ClNO.C6H6/c1-2-12-7-10(13)8-3-5-9(11)6-4-8;1-2-4-6-5-3-1/h3-6,10,12-13H,2,7H2,1H3;1-6H/t10-;/m1./s1. The summed E-state index contributed by atoms with van der Waals surface area (Å²) in [5.41, 5.74) is 0.894. The molecule has 2 rings (SSSR count). The molecule has 0 aliphatic carbocycles. The number of aliphatic hydroxyl groups excluding tert-OH is 1. The minimum Gasteiger partial charge on any atom is -0.387 e. The molecule has 0 saturated heterocycles. The molecule has 0 aliphatic rings. The largest absolute Gasteiger partial charge is 0.387 e. The summed E-state index contributed by atoms with van der Waals surface area (Å²) in [4.78, 5) is 0. The van der Waals surface area contributed by atoms with E-state index in [9.17, 15) is 5.11 Å². The van der Waals surface area contributed by atoms with Gasteiger partial charge in [-0.3, -0.25) is 0 Å². The number of rotatable bonds is 4. The van der Waals surface area contributed by atoms with E-state index in [0.717, 1.165) is 12.1 Å². The van der Waals surface area contributed by atoms with E-state index in [1.54, 1.807) is 12.1 Å². The lowest BCUT2D eigenvalue weighted by atomic mass is 10.1. The molecule has 0 aliphatic heterocycles. The second kappa shape index (κ2) is 9.56. The van der Waals surface area contributed by atoms with Crippen LogP contribution in [0, 0.1) is 0 Å². The van der Waals surface area contributed by atoms with Crippen LogP contribution in [0.15, 0.2) is 60.7 Å². The van der Waals surface area contributed by atoms with Crippen molar-refractivity contribution in [2.75, 3.05) is 13.1 Å². The van der Waals surface area contributed by atoms with Crippen LogP contribution >= 0.6 is 11.6 Å². The van der Waals surface area contributed by atoms with Gasteiger partial charge < -0.3 is 10.4 Å². The predicted octanol–water partition coefficient (Wildman–Crippen LogP) is 3.67. The van der Waals surface area contributed by atoms with Crippen LogP contribution in [-0.2, 0) is 0 Å². The molecular formula is C16H20ClNO. The van der Waals surface area contributed by atoms with Crippen molar-refractivity contribution < 1.29 is 5.11 Å². The van der Waals surface area contributed by atoms with Gasteiger partial charge in [0.1, 0.15) is 0 Å². The molecule has 0 heterocycles. The van der Waals surface area contributed by atoms with Crippen molar-refractivity contribution in [2.45, 2.75) is 13.0 Å². The normalized spacial score (nSPS) is 11.3. The van der Waals surface area contributed by atoms with Gasteiger partial charge in [-0.1, -0.05) is 67.1 Å². The molecule has 1 atom stereocenters. The molecule has 0 unspecified atom stereocenters. The molecule has 0 bridgehead atoms. The zero-order valence-corrected chi connectivity index (χ0v) is 11.8. The number of aliphatic hydroxyl groups is 1. The lowest BCUT2D eigenvalue weighted by Crippen LogP contribution is -2.20. The Balaban J connectivity index is 0.000000250. The smallest absolute Gasteiger partial charge is 0.0914 e. The zero-order valence-electron chi connectivity index (χ0n) is 11.1. The molecule has 3 heteroatoms. The van der Waals surface area contributed by atoms with E-state index in [4.69, 9.17) is 11.6 Å². The SMILES string of the molecule is CCNC[C@@H](O)c1ccc(Cl)cc1.c1ccccc1. The lowest BCUT2D eigenvalue weighted by Gasteiger charge is -2.10. The van der Waals surface area contributed by atoms with Gasteiger partial charge in [0.2, 0.25) is 0 Å². The van der Waals surface area contributed by atoms with Crippen molar-refractivity contribution >= 4 is 11.6 Å². The van der Waals surface area contributed by atoms with E-state index in [-0.39, 0.29) is 0 Å². The molecule has 2 aromatic carbocycles. The fourth-order valence-electron chi connectivity index (χ4n) is 1.47. The Morgan fingerprint density at radius 3 is 1.89 bits per heavy atom. The van der Waals surface area contributed by atoms with Crippen LogP contribution in [0.1, 0.15) is 18.6 Å². The predicted molar refractivity (Wildman–Crippen MR) is 81.4 cm³/mol. The van der Waals surface area contributed by atoms with Gasteiger partial charge in [-0.15, -0.1) is 0 Å². The van der Waals surface area contributed by atoms with Crippen LogP contribution in [-0.4, -0.2) is 18.2 Å². The molecular weight excluding hydrogens is 258 g/mol. The van der Waals surface area contributed by atoms with Crippen molar-refractivity contribution in [1.82, 2.24) is 5.32 Å². The van der Waals surface area contributed by atoms with Crippen molar-refractivity contribution in [3.63, 3.8) is 0 Å². The first-order valence-corrected chi connectivity index (χ1v) is 6.76. The highest BCUT2D eigenvalue weighted by Crippen LogP contribution is 2.15. The fraction of sp³-hybridized carbons (Fsp3) is 0.250. The summed E-state index contributed by atoms with van der Waals surface area (Å²) >= 11 is 5.72. The Labute approximate surface area is 120 Å². The molecule has 19 heavy (non-hydrogen) atoms. The summed E-state index contributed by atoms with van der Waals surface area (Å²) < 4.78 is 0. The van der Waals surface area contributed by atoms with Crippen molar-refractivity contribution in [1.29, 1.82) is 0 Å². The zero-order chi connectivity index (χ0) is 13.9. The molecule has 2 nitrogen and oxygen atoms in total. The molecule has 0 radical (unpaired) electrons. The lowest BCUT2D eigenvalue weighted by molar-refractivity contribution is 0.175. The summed E-state index contributed by atoms with van der Waals surface area (Å²) in [6, 6.07) is 19.2. The minimum absolute atomic E-state index is 0.447. The van der Waals surface area contributed by atoms with Gasteiger partial charge in [0.25, 0.3) is 0 Å². The Morgan fingerprint density at radius 2 is 1.47 bits per heavy atom. The summed E-state index contributed by atoms with van der Waals surface area (Å²) in [5, 5.41) is 13.4. The molecule has 102 valence electrons. The number of nitrogens with one attached hydrogen (secondary N) is 1. The first-order valence-electron chi connectivity index (χ1n) is 6.38. The van der Waals surface area contributed by atoms with Gasteiger partial charge in [0.05, 0.1) is 6.10 Å². The monoisotopic (exact) mass is 277 g/mol. The third kappa shape index (κ3) is 6.97. The van der Waals surface area contributed by atoms with Crippen molar-refractivity contribution in [3.8, 4) is 0 Å². The molecule has 0 fully saturated rings. The first-order chi connectivity index (χ1) is 9.24. The summed E-state index contributed by atoms with van der Waals surface area (Å²) in [6.07, 6.45) is -0.447. The maximum Gasteiger partial charge on any atom is 0.0914 e. The summed E-state index contributed by atoms with van der Waals surface area (Å²) in [7, 11) is 0. The molecule has 0 saturated carbocycles. The average molecular weight is 278 g/mol. The van der Waals surface area contributed by atoms with Crippen LogP contribution in [0.2, 0.25) is 5.02 Å². The molecule has 0 amide bonds. The van der Waals surface area contributed by atoms with E-state index in [0.29, 0.717) is 11.6 Å². The van der Waals surface area contributed by atoms with E-state index >= 15 is 0 Å². The second-order valence-electron chi connectivity index (χ2n) is 4.03. The fourth-order valence-corrected chi connectivity index (χ4v) is 1.59. The van der Waals surface area contributed by atoms with Gasteiger partial charge in [-0.05, 0) is 24.2 Å². The number of benzene rings is 2. The van der Waals surface area contributed by atoms with Crippen LogP contribution in [0.4, 0.5) is 0 Å². The maximum absolute atomic E-state index is 9.64. The van der Waals surface area contributed by atoms with Gasteiger partial charge in [-0.2, -0.15) is 0 Å². The Bertz CT molecular complexity index is 404. The van der Waals surface area contributed by atoms with E-state index in [2.05, 4.69) is 5.32 Å². The number of likely N-dealkylation sites (N-methyl/N-ethyl adjacent to an activating group) is 1. The topological polar surface area (TPSA) is 32.3 Å². The van der Waals surface area contributed by atoms with E-state index < -0.39 is 6.10 Å². The minimum atomic E-state index is -0.447. The Kier molecular flexibility index (Phi) is 7.91. The summed E-state index contributed by atoms with van der Waals surface area (Å²) in [6.45, 7) is 3.46. The van der Waals surface area contributed by atoms with Gasteiger partial charge >= 0.3 is 0 Å². The molecule has 2 N–H and O–H groups in total. The third-order valence-corrected chi connectivity index (χ3v) is 2.76. The van der Waals surface area contributed by atoms with E-state index in [1.165, 1.54) is 0 Å². The highest BCUT2D eigenvalue weighted by molar-refractivity contribution is 6.30. The third-order valence-electron chi connectivity index (χ3n) is 2.51. The van der Waals surface area contributed by atoms with Crippen molar-refractivity contribution in [3.05, 3.63) is 71.2 Å². The molecule has 2 aromatic rings. The average Bonchev–Trinajstić information content (AvgIpc) is 2.48. The van der Waals surface area contributed by atoms with Crippen LogP contribution in [0.3, 0.4) is 0 Å².